The summed E-state index contributed by atoms with van der Waals surface area (Å²) in [5.41, 5.74) is 4.48. The molecule has 0 aliphatic rings. The van der Waals surface area contributed by atoms with Gasteiger partial charge in [-0.05, 0) is 65.6 Å². The van der Waals surface area contributed by atoms with Crippen LogP contribution < -0.4 is 15.5 Å². The zero-order valence-corrected chi connectivity index (χ0v) is 15.2. The first kappa shape index (κ1) is 17.8. The Morgan fingerprint density at radius 2 is 1.81 bits per heavy atom. The maximum atomic E-state index is 11.9. The van der Waals surface area contributed by atoms with Crippen molar-refractivity contribution in [2.24, 2.45) is 5.10 Å². The molecule has 0 unspecified atom stereocenters. The summed E-state index contributed by atoms with van der Waals surface area (Å²) in [7, 11) is 0. The van der Waals surface area contributed by atoms with E-state index in [0.717, 1.165) is 11.3 Å². The fourth-order valence-electron chi connectivity index (χ4n) is 2.02. The number of esters is 1. The van der Waals surface area contributed by atoms with Crippen molar-refractivity contribution < 1.29 is 9.53 Å². The SMILES string of the molecule is O=C(Oc1ccc(/C=N\NC(=S)Nc2ccccc2)cc1)c1cccs1. The van der Waals surface area contributed by atoms with Crippen LogP contribution in [0.4, 0.5) is 5.69 Å². The van der Waals surface area contributed by atoms with Gasteiger partial charge in [0.05, 0.1) is 6.21 Å². The van der Waals surface area contributed by atoms with Crippen LogP contribution in [-0.4, -0.2) is 17.3 Å². The Bertz CT molecular complexity index is 892. The van der Waals surface area contributed by atoms with E-state index in [0.29, 0.717) is 15.7 Å². The van der Waals surface area contributed by atoms with Crippen LogP contribution in [0.3, 0.4) is 0 Å². The highest BCUT2D eigenvalue weighted by Crippen LogP contribution is 2.16. The first-order chi connectivity index (χ1) is 12.7. The molecule has 5 nitrogen and oxygen atoms in total. The average molecular weight is 381 g/mol. The van der Waals surface area contributed by atoms with Crippen molar-refractivity contribution in [3.63, 3.8) is 0 Å². The van der Waals surface area contributed by atoms with Crippen LogP contribution in [0.1, 0.15) is 15.2 Å². The van der Waals surface area contributed by atoms with Crippen molar-refractivity contribution in [2.75, 3.05) is 5.32 Å². The van der Waals surface area contributed by atoms with Gasteiger partial charge in [-0.15, -0.1) is 11.3 Å². The second kappa shape index (κ2) is 8.89. The van der Waals surface area contributed by atoms with Crippen LogP contribution in [0.25, 0.3) is 0 Å². The van der Waals surface area contributed by atoms with Gasteiger partial charge in [0.2, 0.25) is 0 Å². The van der Waals surface area contributed by atoms with Gasteiger partial charge < -0.3 is 10.1 Å². The van der Waals surface area contributed by atoms with E-state index in [4.69, 9.17) is 17.0 Å². The number of nitrogens with one attached hydrogen (secondary N) is 2. The summed E-state index contributed by atoms with van der Waals surface area (Å²) < 4.78 is 5.30. The lowest BCUT2D eigenvalue weighted by Gasteiger charge is -2.06. The largest absolute Gasteiger partial charge is 0.422 e. The molecule has 2 N–H and O–H groups in total. The van der Waals surface area contributed by atoms with E-state index in [9.17, 15) is 4.79 Å². The molecule has 2 aromatic carbocycles. The highest BCUT2D eigenvalue weighted by atomic mass is 32.1. The van der Waals surface area contributed by atoms with E-state index < -0.39 is 0 Å². The Balaban J connectivity index is 1.50. The van der Waals surface area contributed by atoms with E-state index in [1.807, 2.05) is 41.8 Å². The Morgan fingerprint density at radius 1 is 1.04 bits per heavy atom. The molecule has 0 fully saturated rings. The van der Waals surface area contributed by atoms with Crippen LogP contribution in [0, 0.1) is 0 Å². The normalized spacial score (nSPS) is 10.5. The number of ether oxygens (including phenoxy) is 1. The maximum absolute atomic E-state index is 11.9. The van der Waals surface area contributed by atoms with Crippen molar-refractivity contribution in [3.05, 3.63) is 82.6 Å². The first-order valence-electron chi connectivity index (χ1n) is 7.71. The van der Waals surface area contributed by atoms with Gasteiger partial charge in [-0.25, -0.2) is 4.79 Å². The standard InChI is InChI=1S/C19H15N3O2S2/c23-18(17-7-4-12-26-17)24-16-10-8-14(9-11-16)13-20-22-19(25)21-15-5-2-1-3-6-15/h1-13H,(H2,21,22,25)/b20-13-. The number of para-hydroxylation sites is 1. The summed E-state index contributed by atoms with van der Waals surface area (Å²) >= 11 is 6.51. The van der Waals surface area contributed by atoms with Gasteiger partial charge in [-0.1, -0.05) is 24.3 Å². The number of rotatable bonds is 5. The van der Waals surface area contributed by atoms with Crippen molar-refractivity contribution in [1.29, 1.82) is 0 Å². The average Bonchev–Trinajstić information content (AvgIpc) is 3.19. The number of hydrogen-bond acceptors (Lipinski definition) is 5. The molecule has 0 radical (unpaired) electrons. The van der Waals surface area contributed by atoms with Crippen LogP contribution in [0.5, 0.6) is 5.75 Å². The molecule has 130 valence electrons. The molecule has 0 saturated carbocycles. The van der Waals surface area contributed by atoms with Crippen LogP contribution in [0.2, 0.25) is 0 Å². The fourth-order valence-corrected chi connectivity index (χ4v) is 2.79. The summed E-state index contributed by atoms with van der Waals surface area (Å²) in [6.45, 7) is 0. The zero-order valence-electron chi connectivity index (χ0n) is 13.6. The molecule has 1 heterocycles. The highest BCUT2D eigenvalue weighted by Gasteiger charge is 2.08. The predicted octanol–water partition coefficient (Wildman–Crippen LogP) is 4.29. The van der Waals surface area contributed by atoms with E-state index in [-0.39, 0.29) is 5.97 Å². The third-order valence-electron chi connectivity index (χ3n) is 3.22. The topological polar surface area (TPSA) is 62.7 Å². The summed E-state index contributed by atoms with van der Waals surface area (Å²) in [5, 5.41) is 9.34. The molecule has 1 aromatic heterocycles. The Labute approximate surface area is 160 Å². The molecule has 7 heteroatoms. The molecule has 0 aliphatic carbocycles. The number of carbonyl (C=O) groups excluding carboxylic acids is 1. The van der Waals surface area contributed by atoms with Gasteiger partial charge in [0.25, 0.3) is 0 Å². The minimum absolute atomic E-state index is 0.361. The van der Waals surface area contributed by atoms with Crippen molar-refractivity contribution >= 4 is 46.5 Å². The first-order valence-corrected chi connectivity index (χ1v) is 9.00. The summed E-state index contributed by atoms with van der Waals surface area (Å²) in [6, 6.07) is 20.2. The predicted molar refractivity (Wildman–Crippen MR) is 109 cm³/mol. The lowest BCUT2D eigenvalue weighted by molar-refractivity contribution is 0.0740. The second-order valence-electron chi connectivity index (χ2n) is 5.13. The fraction of sp³-hybridized carbons (Fsp3) is 0. The number of benzene rings is 2. The number of anilines is 1. The minimum Gasteiger partial charge on any atom is -0.422 e. The molecular formula is C19H15N3O2S2. The molecule has 26 heavy (non-hydrogen) atoms. The van der Waals surface area contributed by atoms with Crippen LogP contribution in [-0.2, 0) is 0 Å². The van der Waals surface area contributed by atoms with Gasteiger partial charge in [0.1, 0.15) is 10.6 Å². The summed E-state index contributed by atoms with van der Waals surface area (Å²) in [5.74, 6) is 0.121. The number of hydrazone groups is 1. The van der Waals surface area contributed by atoms with E-state index >= 15 is 0 Å². The summed E-state index contributed by atoms with van der Waals surface area (Å²) in [4.78, 5) is 12.5. The van der Waals surface area contributed by atoms with Crippen molar-refractivity contribution in [1.82, 2.24) is 5.43 Å². The number of thiocarbonyl (C=S) groups is 1. The van der Waals surface area contributed by atoms with Gasteiger partial charge in [0, 0.05) is 5.69 Å². The Kier molecular flexibility index (Phi) is 6.08. The lowest BCUT2D eigenvalue weighted by Crippen LogP contribution is -2.23. The third-order valence-corrected chi connectivity index (χ3v) is 4.27. The number of nitrogens with zero attached hydrogens (tertiary/aromatic N) is 1. The quantitative estimate of drug-likeness (QED) is 0.227. The zero-order chi connectivity index (χ0) is 18.2. The second-order valence-corrected chi connectivity index (χ2v) is 6.48. The maximum Gasteiger partial charge on any atom is 0.353 e. The van der Waals surface area contributed by atoms with Crippen LogP contribution >= 0.6 is 23.6 Å². The minimum atomic E-state index is -0.361. The molecule has 0 atom stereocenters. The Hall–Kier alpha value is -3.03. The smallest absolute Gasteiger partial charge is 0.353 e. The van der Waals surface area contributed by atoms with Crippen molar-refractivity contribution in [2.45, 2.75) is 0 Å². The van der Waals surface area contributed by atoms with E-state index in [1.54, 1.807) is 36.5 Å². The summed E-state index contributed by atoms with van der Waals surface area (Å²) in [6.07, 6.45) is 1.63. The van der Waals surface area contributed by atoms with E-state index in [1.165, 1.54) is 11.3 Å². The molecule has 0 saturated heterocycles. The van der Waals surface area contributed by atoms with Crippen LogP contribution in [0.15, 0.2) is 77.2 Å². The van der Waals surface area contributed by atoms with Gasteiger partial charge >= 0.3 is 5.97 Å². The molecule has 0 amide bonds. The lowest BCUT2D eigenvalue weighted by atomic mass is 10.2. The van der Waals surface area contributed by atoms with Gasteiger partial charge in [0.15, 0.2) is 5.11 Å². The number of thiophene rings is 1. The molecule has 0 aliphatic heterocycles. The monoisotopic (exact) mass is 381 g/mol. The van der Waals surface area contributed by atoms with E-state index in [2.05, 4.69) is 15.8 Å². The molecule has 3 aromatic rings. The Morgan fingerprint density at radius 3 is 2.50 bits per heavy atom. The van der Waals surface area contributed by atoms with Gasteiger partial charge in [-0.3, -0.25) is 5.43 Å². The van der Waals surface area contributed by atoms with Crippen molar-refractivity contribution in [3.8, 4) is 5.75 Å². The molecular weight excluding hydrogens is 366 g/mol. The van der Waals surface area contributed by atoms with Gasteiger partial charge in [-0.2, -0.15) is 5.10 Å². The highest BCUT2D eigenvalue weighted by molar-refractivity contribution is 7.80. The molecule has 0 bridgehead atoms. The molecule has 0 spiro atoms. The molecule has 3 rings (SSSR count). The number of hydrogen-bond donors (Lipinski definition) is 2. The number of carbonyl (C=O) groups is 1. The third kappa shape index (κ3) is 5.23.